The Bertz CT molecular complexity index is 912. The van der Waals surface area contributed by atoms with Crippen LogP contribution >= 0.6 is 0 Å². The second-order valence-electron chi connectivity index (χ2n) is 6.49. The highest BCUT2D eigenvalue weighted by Gasteiger charge is 2.25. The van der Waals surface area contributed by atoms with Crippen molar-refractivity contribution in [3.63, 3.8) is 0 Å². The highest BCUT2D eigenvalue weighted by atomic mass is 16.1. The van der Waals surface area contributed by atoms with Crippen LogP contribution in [0, 0.1) is 0 Å². The molecule has 4 rings (SSSR count). The van der Waals surface area contributed by atoms with Gasteiger partial charge in [0.2, 0.25) is 0 Å². The highest BCUT2D eigenvalue weighted by Crippen LogP contribution is 2.21. The number of hydrogen-bond acceptors (Lipinski definition) is 6. The Kier molecular flexibility index (Phi) is 4.79. The van der Waals surface area contributed by atoms with Crippen LogP contribution < -0.4 is 5.56 Å². The van der Waals surface area contributed by atoms with Gasteiger partial charge < -0.3 is 0 Å². The minimum atomic E-state index is -0.0692. The minimum Gasteiger partial charge on any atom is -0.294 e. The fourth-order valence-corrected chi connectivity index (χ4v) is 3.41. The molecule has 0 amide bonds. The predicted octanol–water partition coefficient (Wildman–Crippen LogP) is 1.76. The lowest BCUT2D eigenvalue weighted by Crippen LogP contribution is -2.36. The minimum absolute atomic E-state index is 0.0692. The van der Waals surface area contributed by atoms with Crippen molar-refractivity contribution >= 4 is 0 Å². The van der Waals surface area contributed by atoms with E-state index in [-0.39, 0.29) is 5.56 Å². The van der Waals surface area contributed by atoms with Crippen LogP contribution in [0.5, 0.6) is 0 Å². The van der Waals surface area contributed by atoms with Gasteiger partial charge in [-0.1, -0.05) is 0 Å². The van der Waals surface area contributed by atoms with Crippen LogP contribution in [0.3, 0.4) is 0 Å². The summed E-state index contributed by atoms with van der Waals surface area (Å²) in [6.07, 6.45) is 9.16. The second kappa shape index (κ2) is 7.53. The molecule has 0 spiro atoms. The summed E-state index contributed by atoms with van der Waals surface area (Å²) < 4.78 is 1.59. The summed E-state index contributed by atoms with van der Waals surface area (Å²) in [5.41, 5.74) is 2.81. The lowest BCUT2D eigenvalue weighted by Gasteiger charge is -2.24. The van der Waals surface area contributed by atoms with Crippen molar-refractivity contribution in [3.8, 4) is 11.3 Å². The molecule has 0 aromatic carbocycles. The van der Waals surface area contributed by atoms with Gasteiger partial charge in [0, 0.05) is 42.8 Å². The molecule has 0 radical (unpaired) electrons. The smallest absolute Gasteiger partial charge is 0.266 e. The van der Waals surface area contributed by atoms with Gasteiger partial charge in [-0.15, -0.1) is 0 Å². The summed E-state index contributed by atoms with van der Waals surface area (Å²) >= 11 is 0. The van der Waals surface area contributed by atoms with E-state index in [0.717, 1.165) is 42.8 Å². The third-order valence-electron chi connectivity index (χ3n) is 4.76. The van der Waals surface area contributed by atoms with Crippen molar-refractivity contribution in [1.82, 2.24) is 29.9 Å². The third-order valence-corrected chi connectivity index (χ3v) is 4.76. The number of pyridine rings is 1. The molecule has 1 unspecified atom stereocenters. The van der Waals surface area contributed by atoms with E-state index in [0.29, 0.717) is 12.6 Å². The van der Waals surface area contributed by atoms with Crippen LogP contribution in [0.15, 0.2) is 59.9 Å². The Balaban J connectivity index is 1.53. The molecular weight excluding hydrogens is 328 g/mol. The fourth-order valence-electron chi connectivity index (χ4n) is 3.41. The molecule has 4 heterocycles. The topological polar surface area (TPSA) is 76.8 Å². The van der Waals surface area contributed by atoms with Gasteiger partial charge >= 0.3 is 0 Å². The number of nitrogens with zero attached hydrogens (tertiary/aromatic N) is 6. The van der Waals surface area contributed by atoms with Crippen LogP contribution in [0.1, 0.15) is 18.4 Å². The molecule has 132 valence electrons. The maximum atomic E-state index is 12.3. The molecule has 0 saturated carbocycles. The van der Waals surface area contributed by atoms with Gasteiger partial charge in [0.1, 0.15) is 0 Å². The number of likely N-dealkylation sites (tertiary alicyclic amines) is 1. The van der Waals surface area contributed by atoms with Crippen LogP contribution in [0.4, 0.5) is 0 Å². The van der Waals surface area contributed by atoms with Crippen molar-refractivity contribution in [2.75, 3.05) is 6.54 Å². The average Bonchev–Trinajstić information content (AvgIpc) is 3.12. The first-order valence-electron chi connectivity index (χ1n) is 8.78. The average molecular weight is 348 g/mol. The highest BCUT2D eigenvalue weighted by molar-refractivity contribution is 5.56. The predicted molar refractivity (Wildman–Crippen MR) is 97.2 cm³/mol. The van der Waals surface area contributed by atoms with Crippen molar-refractivity contribution in [2.24, 2.45) is 0 Å². The van der Waals surface area contributed by atoms with E-state index in [1.165, 1.54) is 0 Å². The molecule has 3 aromatic rings. The summed E-state index contributed by atoms with van der Waals surface area (Å²) in [5, 5.41) is 12.3. The summed E-state index contributed by atoms with van der Waals surface area (Å²) in [6.45, 7) is 2.43. The quantitative estimate of drug-likeness (QED) is 0.699. The Morgan fingerprint density at radius 3 is 2.73 bits per heavy atom. The summed E-state index contributed by atoms with van der Waals surface area (Å²) in [7, 11) is 0. The first-order valence-corrected chi connectivity index (χ1v) is 8.78. The lowest BCUT2D eigenvalue weighted by atomic mass is 10.2. The molecule has 1 saturated heterocycles. The molecule has 3 aromatic heterocycles. The largest absolute Gasteiger partial charge is 0.294 e. The number of rotatable bonds is 5. The molecule has 0 aliphatic carbocycles. The van der Waals surface area contributed by atoms with Gasteiger partial charge in [-0.25, -0.2) is 4.68 Å². The normalized spacial score (nSPS) is 17.5. The van der Waals surface area contributed by atoms with E-state index < -0.39 is 0 Å². The van der Waals surface area contributed by atoms with E-state index in [4.69, 9.17) is 0 Å². The Labute approximate surface area is 151 Å². The van der Waals surface area contributed by atoms with Crippen LogP contribution in [0.25, 0.3) is 11.3 Å². The zero-order chi connectivity index (χ0) is 17.8. The Hall–Kier alpha value is -2.93. The lowest BCUT2D eigenvalue weighted by molar-refractivity contribution is 0.216. The van der Waals surface area contributed by atoms with Crippen molar-refractivity contribution in [2.45, 2.75) is 32.0 Å². The first kappa shape index (κ1) is 16.5. The van der Waals surface area contributed by atoms with E-state index >= 15 is 0 Å². The van der Waals surface area contributed by atoms with Crippen molar-refractivity contribution in [1.29, 1.82) is 0 Å². The molecule has 1 aliphatic heterocycles. The van der Waals surface area contributed by atoms with Gasteiger partial charge in [-0.3, -0.25) is 14.7 Å². The number of hydrogen-bond donors (Lipinski definition) is 0. The zero-order valence-corrected chi connectivity index (χ0v) is 14.4. The SMILES string of the molecule is O=c1ccc(-c2ccncc2)nn1CC1CCCN1Cc1ccnnc1. The molecule has 0 N–H and O–H groups in total. The van der Waals surface area contributed by atoms with Crippen molar-refractivity contribution < 1.29 is 0 Å². The van der Waals surface area contributed by atoms with Gasteiger partial charge in [-0.05, 0) is 49.2 Å². The maximum Gasteiger partial charge on any atom is 0.266 e. The molecular formula is C19H20N6O. The van der Waals surface area contributed by atoms with E-state index in [1.54, 1.807) is 41.6 Å². The Morgan fingerprint density at radius 2 is 1.92 bits per heavy atom. The maximum absolute atomic E-state index is 12.3. The second-order valence-corrected chi connectivity index (χ2v) is 6.49. The molecule has 0 bridgehead atoms. The van der Waals surface area contributed by atoms with Crippen LogP contribution in [-0.2, 0) is 13.1 Å². The molecule has 1 atom stereocenters. The van der Waals surface area contributed by atoms with Gasteiger partial charge in [0.25, 0.3) is 5.56 Å². The van der Waals surface area contributed by atoms with E-state index in [2.05, 4.69) is 25.2 Å². The fraction of sp³-hybridized carbons (Fsp3) is 0.316. The van der Waals surface area contributed by atoms with E-state index in [9.17, 15) is 4.79 Å². The molecule has 1 aliphatic rings. The third kappa shape index (κ3) is 3.67. The molecule has 7 nitrogen and oxygen atoms in total. The van der Waals surface area contributed by atoms with Gasteiger partial charge in [-0.2, -0.15) is 15.3 Å². The summed E-state index contributed by atoms with van der Waals surface area (Å²) in [4.78, 5) is 18.7. The standard InChI is InChI=1S/C19H20N6O/c26-19-4-3-18(16-6-8-20-9-7-16)23-25(19)14-17-2-1-11-24(17)13-15-5-10-21-22-12-15/h3-10,12,17H,1-2,11,13-14H2. The molecule has 7 heteroatoms. The van der Waals surface area contributed by atoms with Crippen molar-refractivity contribution in [3.05, 3.63) is 71.0 Å². The zero-order valence-electron chi connectivity index (χ0n) is 14.4. The Morgan fingerprint density at radius 1 is 1.04 bits per heavy atom. The summed E-state index contributed by atoms with van der Waals surface area (Å²) in [6, 6.07) is 9.43. The van der Waals surface area contributed by atoms with E-state index in [1.807, 2.05) is 18.2 Å². The number of aromatic nitrogens is 5. The summed E-state index contributed by atoms with van der Waals surface area (Å²) in [5.74, 6) is 0. The van der Waals surface area contributed by atoms with Crippen LogP contribution in [-0.4, -0.2) is 42.4 Å². The monoisotopic (exact) mass is 348 g/mol. The molecule has 26 heavy (non-hydrogen) atoms. The van der Waals surface area contributed by atoms with Gasteiger partial charge in [0.05, 0.1) is 18.4 Å². The first-order chi connectivity index (χ1) is 12.8. The van der Waals surface area contributed by atoms with Crippen LogP contribution in [0.2, 0.25) is 0 Å². The van der Waals surface area contributed by atoms with Gasteiger partial charge in [0.15, 0.2) is 0 Å². The molecule has 1 fully saturated rings.